The largest absolute Gasteiger partial charge is 0.452 e. The van der Waals surface area contributed by atoms with Gasteiger partial charge in [-0.15, -0.1) is 0 Å². The summed E-state index contributed by atoms with van der Waals surface area (Å²) in [4.78, 5) is 34.2. The molecular formula is C23H18N2O5. The van der Waals surface area contributed by atoms with E-state index in [0.29, 0.717) is 11.3 Å². The van der Waals surface area contributed by atoms with E-state index >= 15 is 0 Å². The Kier molecular flexibility index (Phi) is 6.68. The van der Waals surface area contributed by atoms with Gasteiger partial charge in [0.1, 0.15) is 0 Å². The summed E-state index contributed by atoms with van der Waals surface area (Å²) in [5.41, 5.74) is 2.99. The highest BCUT2D eigenvalue weighted by Crippen LogP contribution is 2.27. The number of benzene rings is 3. The molecule has 0 atom stereocenters. The fourth-order valence-electron chi connectivity index (χ4n) is 2.70. The maximum atomic E-state index is 12.2. The van der Waals surface area contributed by atoms with Crippen LogP contribution in [0.2, 0.25) is 0 Å². The third kappa shape index (κ3) is 5.62. The summed E-state index contributed by atoms with van der Waals surface area (Å²) in [6.07, 6.45) is 2.61. The molecule has 30 heavy (non-hydrogen) atoms. The molecule has 150 valence electrons. The van der Waals surface area contributed by atoms with Crippen LogP contribution in [0.5, 0.6) is 0 Å². The molecule has 0 saturated carbocycles. The van der Waals surface area contributed by atoms with E-state index in [0.717, 1.165) is 17.2 Å². The van der Waals surface area contributed by atoms with Crippen LogP contribution < -0.4 is 5.32 Å². The van der Waals surface area contributed by atoms with Crippen molar-refractivity contribution >= 4 is 29.3 Å². The molecule has 1 amide bonds. The van der Waals surface area contributed by atoms with Crippen molar-refractivity contribution in [3.63, 3.8) is 0 Å². The molecule has 0 spiro atoms. The van der Waals surface area contributed by atoms with Crippen LogP contribution in [0.15, 0.2) is 84.9 Å². The standard InChI is InChI=1S/C23H18N2O5/c26-22(24-21-9-5-4-8-20(21)18-6-2-1-3-7-18)16-30-23(27)15-12-17-10-13-19(14-11-17)25(28)29/h1-15H,16H2,(H,24,26). The van der Waals surface area contributed by atoms with Gasteiger partial charge in [0.15, 0.2) is 6.61 Å². The monoisotopic (exact) mass is 402 g/mol. The lowest BCUT2D eigenvalue weighted by atomic mass is 10.0. The van der Waals surface area contributed by atoms with E-state index in [4.69, 9.17) is 4.74 Å². The number of hydrogen-bond donors (Lipinski definition) is 1. The van der Waals surface area contributed by atoms with Gasteiger partial charge in [0.2, 0.25) is 0 Å². The Hall–Kier alpha value is -4.26. The van der Waals surface area contributed by atoms with Crippen molar-refractivity contribution in [2.45, 2.75) is 0 Å². The third-order valence-electron chi connectivity index (χ3n) is 4.15. The molecule has 3 aromatic rings. The van der Waals surface area contributed by atoms with Gasteiger partial charge >= 0.3 is 5.97 Å². The van der Waals surface area contributed by atoms with Crippen molar-refractivity contribution in [1.29, 1.82) is 0 Å². The molecule has 1 N–H and O–H groups in total. The number of rotatable bonds is 7. The van der Waals surface area contributed by atoms with Crippen molar-refractivity contribution < 1.29 is 19.2 Å². The zero-order valence-electron chi connectivity index (χ0n) is 15.9. The number of esters is 1. The van der Waals surface area contributed by atoms with Gasteiger partial charge in [-0.2, -0.15) is 0 Å². The van der Waals surface area contributed by atoms with E-state index in [1.54, 1.807) is 12.1 Å². The molecule has 0 fully saturated rings. The number of hydrogen-bond acceptors (Lipinski definition) is 5. The molecular weight excluding hydrogens is 384 g/mol. The molecule has 0 heterocycles. The highest BCUT2D eigenvalue weighted by atomic mass is 16.6. The number of carbonyl (C=O) groups is 2. The van der Waals surface area contributed by atoms with Gasteiger partial charge in [0.25, 0.3) is 11.6 Å². The summed E-state index contributed by atoms with van der Waals surface area (Å²) in [6, 6.07) is 22.6. The average molecular weight is 402 g/mol. The fourth-order valence-corrected chi connectivity index (χ4v) is 2.70. The first-order valence-electron chi connectivity index (χ1n) is 9.06. The topological polar surface area (TPSA) is 98.5 Å². The van der Waals surface area contributed by atoms with E-state index in [1.165, 1.54) is 30.3 Å². The number of nitrogens with one attached hydrogen (secondary N) is 1. The number of para-hydroxylation sites is 1. The summed E-state index contributed by atoms with van der Waals surface area (Å²) in [5, 5.41) is 13.4. The molecule has 0 aromatic heterocycles. The van der Waals surface area contributed by atoms with E-state index in [9.17, 15) is 19.7 Å². The van der Waals surface area contributed by atoms with E-state index in [-0.39, 0.29) is 5.69 Å². The van der Waals surface area contributed by atoms with E-state index in [1.807, 2.05) is 42.5 Å². The lowest BCUT2D eigenvalue weighted by molar-refractivity contribution is -0.384. The quantitative estimate of drug-likeness (QED) is 0.272. The van der Waals surface area contributed by atoms with Gasteiger partial charge in [-0.05, 0) is 35.4 Å². The first kappa shape index (κ1) is 20.5. The van der Waals surface area contributed by atoms with Crippen molar-refractivity contribution in [3.8, 4) is 11.1 Å². The third-order valence-corrected chi connectivity index (χ3v) is 4.15. The molecule has 7 nitrogen and oxygen atoms in total. The molecule has 7 heteroatoms. The smallest absolute Gasteiger partial charge is 0.331 e. The summed E-state index contributed by atoms with van der Waals surface area (Å²) in [5.74, 6) is -1.16. The van der Waals surface area contributed by atoms with Gasteiger partial charge in [0.05, 0.1) is 4.92 Å². The van der Waals surface area contributed by atoms with Crippen LogP contribution >= 0.6 is 0 Å². The molecule has 0 saturated heterocycles. The Morgan fingerprint density at radius 1 is 0.933 bits per heavy atom. The van der Waals surface area contributed by atoms with Crippen molar-refractivity contribution in [2.75, 3.05) is 11.9 Å². The van der Waals surface area contributed by atoms with Crippen molar-refractivity contribution in [3.05, 3.63) is 101 Å². The minimum Gasteiger partial charge on any atom is -0.452 e. The van der Waals surface area contributed by atoms with Crippen molar-refractivity contribution in [2.24, 2.45) is 0 Å². The molecule has 3 aromatic carbocycles. The Labute approximate surface area is 172 Å². The number of carbonyl (C=O) groups excluding carboxylic acids is 2. The average Bonchev–Trinajstić information content (AvgIpc) is 2.77. The van der Waals surface area contributed by atoms with Gasteiger partial charge in [0, 0.05) is 29.5 Å². The van der Waals surface area contributed by atoms with Crippen LogP contribution in [0, 0.1) is 10.1 Å². The van der Waals surface area contributed by atoms with Crippen LogP contribution in [0.1, 0.15) is 5.56 Å². The highest BCUT2D eigenvalue weighted by Gasteiger charge is 2.10. The van der Waals surface area contributed by atoms with Crippen molar-refractivity contribution in [1.82, 2.24) is 0 Å². The SMILES string of the molecule is O=C(COC(=O)C=Cc1ccc([N+](=O)[O-])cc1)Nc1ccccc1-c1ccccc1. The normalized spacial score (nSPS) is 10.5. The number of nitro benzene ring substituents is 1. The minimum absolute atomic E-state index is 0.0396. The summed E-state index contributed by atoms with van der Waals surface area (Å²) < 4.78 is 4.96. The second-order valence-corrected chi connectivity index (χ2v) is 6.25. The van der Waals surface area contributed by atoms with Crippen LogP contribution in [-0.4, -0.2) is 23.4 Å². The molecule has 0 radical (unpaired) electrons. The zero-order chi connectivity index (χ0) is 21.3. The second-order valence-electron chi connectivity index (χ2n) is 6.25. The number of ether oxygens (including phenoxy) is 1. The number of non-ortho nitro benzene ring substituents is 1. The first-order valence-corrected chi connectivity index (χ1v) is 9.06. The second kappa shape index (κ2) is 9.79. The molecule has 0 aliphatic rings. The predicted molar refractivity (Wildman–Crippen MR) is 114 cm³/mol. The molecule has 3 rings (SSSR count). The molecule has 0 unspecified atom stereocenters. The number of amides is 1. The van der Waals surface area contributed by atoms with Crippen LogP contribution in [0.4, 0.5) is 11.4 Å². The van der Waals surface area contributed by atoms with E-state index in [2.05, 4.69) is 5.32 Å². The number of nitrogens with zero attached hydrogens (tertiary/aromatic N) is 1. The summed E-state index contributed by atoms with van der Waals surface area (Å²) in [7, 11) is 0. The van der Waals surface area contributed by atoms with Crippen LogP contribution in [0.25, 0.3) is 17.2 Å². The maximum absolute atomic E-state index is 12.2. The minimum atomic E-state index is -0.695. The van der Waals surface area contributed by atoms with Gasteiger partial charge in [-0.1, -0.05) is 48.5 Å². The van der Waals surface area contributed by atoms with Gasteiger partial charge < -0.3 is 10.1 Å². The highest BCUT2D eigenvalue weighted by molar-refractivity contribution is 5.97. The first-order chi connectivity index (χ1) is 14.5. The van der Waals surface area contributed by atoms with Crippen LogP contribution in [-0.2, 0) is 14.3 Å². The predicted octanol–water partition coefficient (Wildman–Crippen LogP) is 4.46. The molecule has 0 aliphatic carbocycles. The van der Waals surface area contributed by atoms with Crippen LogP contribution in [0.3, 0.4) is 0 Å². The Morgan fingerprint density at radius 2 is 1.60 bits per heavy atom. The maximum Gasteiger partial charge on any atom is 0.331 e. The van der Waals surface area contributed by atoms with Gasteiger partial charge in [-0.25, -0.2) is 4.79 Å². The summed E-state index contributed by atoms with van der Waals surface area (Å²) in [6.45, 7) is -0.438. The van der Waals surface area contributed by atoms with E-state index < -0.39 is 23.4 Å². The lowest BCUT2D eigenvalue weighted by Crippen LogP contribution is -2.20. The Balaban J connectivity index is 1.55. The Bertz CT molecular complexity index is 1080. The summed E-state index contributed by atoms with van der Waals surface area (Å²) >= 11 is 0. The Morgan fingerprint density at radius 3 is 2.30 bits per heavy atom. The number of anilines is 1. The zero-order valence-corrected chi connectivity index (χ0v) is 15.9. The van der Waals surface area contributed by atoms with Gasteiger partial charge in [-0.3, -0.25) is 14.9 Å². The molecule has 0 aliphatic heterocycles. The fraction of sp³-hybridized carbons (Fsp3) is 0.0435. The lowest BCUT2D eigenvalue weighted by Gasteiger charge is -2.11. The molecule has 0 bridgehead atoms. The number of nitro groups is 1.